The monoisotopic (exact) mass is 803 g/mol. The van der Waals surface area contributed by atoms with Crippen LogP contribution in [-0.2, 0) is 14.4 Å². The van der Waals surface area contributed by atoms with Gasteiger partial charge in [-0.15, -0.1) is 0 Å². The average Bonchev–Trinajstić information content (AvgIpc) is 3.84. The van der Waals surface area contributed by atoms with Gasteiger partial charge in [0.15, 0.2) is 11.6 Å². The second-order valence-corrected chi connectivity index (χ2v) is 15.5. The Balaban J connectivity index is 0.810. The summed E-state index contributed by atoms with van der Waals surface area (Å²) in [6.07, 6.45) is 8.20. The highest BCUT2D eigenvalue weighted by molar-refractivity contribution is 6.24. The molecule has 1 unspecified atom stereocenters. The number of piperazine rings is 1. The quantitative estimate of drug-likeness (QED) is 0.147. The molecule has 8 rings (SSSR count). The molecule has 1 aliphatic carbocycles. The minimum atomic E-state index is -1.09. The van der Waals surface area contributed by atoms with Gasteiger partial charge in [-0.1, -0.05) is 18.9 Å². The van der Waals surface area contributed by atoms with E-state index in [4.69, 9.17) is 9.72 Å². The summed E-state index contributed by atoms with van der Waals surface area (Å²) in [6.45, 7) is 6.82. The summed E-state index contributed by atoms with van der Waals surface area (Å²) >= 11 is 0. The lowest BCUT2D eigenvalue weighted by Gasteiger charge is -2.36. The van der Waals surface area contributed by atoms with Crippen LogP contribution in [0.5, 0.6) is 5.75 Å². The predicted octanol–water partition coefficient (Wildman–Crippen LogP) is 3.51. The molecule has 17 nitrogen and oxygen atoms in total. The minimum absolute atomic E-state index is 0.0131. The molecule has 4 amide bonds. The van der Waals surface area contributed by atoms with Crippen molar-refractivity contribution in [3.63, 3.8) is 0 Å². The molecule has 0 bridgehead atoms. The van der Waals surface area contributed by atoms with Crippen LogP contribution >= 0.6 is 0 Å². The molecular weight excluding hydrogens is 759 g/mol. The Morgan fingerprint density at radius 2 is 1.71 bits per heavy atom. The summed E-state index contributed by atoms with van der Waals surface area (Å²) < 4.78 is 7.44. The number of carbonyl (C=O) groups excluding carboxylic acids is 6. The molecule has 2 saturated heterocycles. The number of Topliss-reactive ketones (excluding diaryl/α,β-unsaturated/α-hetero) is 2. The molecule has 2 N–H and O–H groups in total. The smallest absolute Gasteiger partial charge is 0.266 e. The molecule has 0 spiro atoms. The first kappa shape index (κ1) is 39.5. The Hall–Kier alpha value is -6.36. The summed E-state index contributed by atoms with van der Waals surface area (Å²) in [5.74, 6) is -1.90. The molecular formula is C42H45N9O8. The van der Waals surface area contributed by atoms with E-state index in [9.17, 15) is 33.6 Å². The highest BCUT2D eigenvalue weighted by Crippen LogP contribution is 2.34. The first-order valence-corrected chi connectivity index (χ1v) is 20.1. The van der Waals surface area contributed by atoms with E-state index in [1.54, 1.807) is 30.0 Å². The van der Waals surface area contributed by atoms with Crippen molar-refractivity contribution in [2.24, 2.45) is 0 Å². The lowest BCUT2D eigenvalue weighted by molar-refractivity contribution is -0.136. The van der Waals surface area contributed by atoms with Crippen molar-refractivity contribution in [3.05, 3.63) is 75.3 Å². The van der Waals surface area contributed by atoms with Crippen molar-refractivity contribution in [2.75, 3.05) is 49.5 Å². The van der Waals surface area contributed by atoms with Gasteiger partial charge in [-0.3, -0.25) is 53.2 Å². The van der Waals surface area contributed by atoms with Gasteiger partial charge in [0, 0.05) is 56.6 Å². The maximum absolute atomic E-state index is 13.6. The summed E-state index contributed by atoms with van der Waals surface area (Å²) in [4.78, 5) is 109. The number of carbonyl (C=O) groups is 6. The minimum Gasteiger partial charge on any atom is -0.485 e. The van der Waals surface area contributed by atoms with Crippen LogP contribution in [0.3, 0.4) is 0 Å². The number of amides is 4. The number of aryl methyl sites for hydroxylation is 1. The van der Waals surface area contributed by atoms with Crippen molar-refractivity contribution < 1.29 is 33.5 Å². The van der Waals surface area contributed by atoms with Crippen molar-refractivity contribution in [2.45, 2.75) is 77.3 Å². The molecule has 1 aromatic carbocycles. The molecule has 3 aromatic heterocycles. The molecule has 3 aliphatic heterocycles. The number of piperidine rings is 1. The third kappa shape index (κ3) is 7.81. The molecule has 1 saturated carbocycles. The number of fused-ring (bicyclic) bond motifs is 2. The third-order valence-electron chi connectivity index (χ3n) is 11.7. The second-order valence-electron chi connectivity index (χ2n) is 15.5. The fourth-order valence-electron chi connectivity index (χ4n) is 8.63. The van der Waals surface area contributed by atoms with Gasteiger partial charge >= 0.3 is 0 Å². The van der Waals surface area contributed by atoms with E-state index >= 15 is 0 Å². The number of pyridine rings is 2. The van der Waals surface area contributed by atoms with E-state index in [0.717, 1.165) is 69.0 Å². The molecule has 1 atom stereocenters. The average molecular weight is 804 g/mol. The highest BCUT2D eigenvalue weighted by atomic mass is 16.5. The fourth-order valence-corrected chi connectivity index (χ4v) is 8.63. The van der Waals surface area contributed by atoms with Crippen molar-refractivity contribution in [3.8, 4) is 5.75 Å². The molecule has 17 heteroatoms. The lowest BCUT2D eigenvalue weighted by Crippen LogP contribution is -2.54. The van der Waals surface area contributed by atoms with Crippen LogP contribution in [0.25, 0.3) is 11.0 Å². The number of ketones is 2. The lowest BCUT2D eigenvalue weighted by atomic mass is 10.0. The van der Waals surface area contributed by atoms with Gasteiger partial charge in [0.25, 0.3) is 17.4 Å². The number of anilines is 3. The molecule has 6 heterocycles. The van der Waals surface area contributed by atoms with E-state index < -0.39 is 29.7 Å². The number of ether oxygens (including phenoxy) is 1. The van der Waals surface area contributed by atoms with Crippen LogP contribution in [0.15, 0.2) is 47.5 Å². The standard InChI is InChI=1S/C42H45N9O8/c1-24-30-22-44-42(47-37(30)50(26-7-3-4-8-26)40(57)35(24)25(2)52)45-33-14-12-27(21-43-33)49-19-17-48(18-20-49)16-6-9-28(53)23-59-32-11-5-10-29-36(32)41(58)51(39(29)56)31-13-15-34(54)46-38(31)55/h5,10-12,14,21-22,26,31H,3-4,6-9,13,15-20,23H2,1-2H3,(H,46,54,55)(H,43,44,45,47). The zero-order valence-corrected chi connectivity index (χ0v) is 33.0. The Morgan fingerprint density at radius 1 is 0.932 bits per heavy atom. The van der Waals surface area contributed by atoms with E-state index in [1.807, 2.05) is 12.1 Å². The van der Waals surface area contributed by atoms with Gasteiger partial charge in [-0.05, 0) is 75.9 Å². The molecule has 4 aliphatic rings. The first-order valence-electron chi connectivity index (χ1n) is 20.1. The van der Waals surface area contributed by atoms with Crippen LogP contribution in [0.4, 0.5) is 17.5 Å². The van der Waals surface area contributed by atoms with Gasteiger partial charge in [-0.25, -0.2) is 9.97 Å². The summed E-state index contributed by atoms with van der Waals surface area (Å²) in [6, 6.07) is 7.31. The van der Waals surface area contributed by atoms with Crippen molar-refractivity contribution in [1.29, 1.82) is 0 Å². The molecule has 306 valence electrons. The number of hydrogen-bond acceptors (Lipinski definition) is 14. The number of imide groups is 2. The van der Waals surface area contributed by atoms with Crippen LogP contribution in [-0.4, -0.2) is 110 Å². The summed E-state index contributed by atoms with van der Waals surface area (Å²) in [5.41, 5.74) is 2.09. The van der Waals surface area contributed by atoms with Crippen LogP contribution in [0, 0.1) is 6.92 Å². The van der Waals surface area contributed by atoms with Crippen molar-refractivity contribution in [1.82, 2.24) is 34.6 Å². The number of aromatic nitrogens is 4. The molecule has 3 fully saturated rings. The van der Waals surface area contributed by atoms with Gasteiger partial charge in [0.1, 0.15) is 29.9 Å². The maximum Gasteiger partial charge on any atom is 0.266 e. The summed E-state index contributed by atoms with van der Waals surface area (Å²) in [7, 11) is 0. The summed E-state index contributed by atoms with van der Waals surface area (Å²) in [5, 5.41) is 6.04. The SMILES string of the molecule is CC(=O)c1c(C)c2cnc(Nc3ccc(N4CCN(CCCC(=O)COc5cccc6c5C(=O)N(C5CCC(=O)NC5=O)C6=O)CC4)cn3)nc2n(C2CCCC2)c1=O. The van der Waals surface area contributed by atoms with Crippen LogP contribution < -0.4 is 25.8 Å². The van der Waals surface area contributed by atoms with E-state index in [0.29, 0.717) is 34.8 Å². The number of hydrogen-bond donors (Lipinski definition) is 2. The normalized spacial score (nSPS) is 18.7. The Morgan fingerprint density at radius 3 is 2.42 bits per heavy atom. The van der Waals surface area contributed by atoms with Gasteiger partial charge < -0.3 is 15.0 Å². The van der Waals surface area contributed by atoms with E-state index in [2.05, 4.69) is 30.4 Å². The Labute approximate surface area is 339 Å². The second kappa shape index (κ2) is 16.5. The first-order chi connectivity index (χ1) is 28.5. The Kier molecular flexibility index (Phi) is 11.0. The predicted molar refractivity (Wildman–Crippen MR) is 215 cm³/mol. The van der Waals surface area contributed by atoms with Crippen LogP contribution in [0.2, 0.25) is 0 Å². The van der Waals surface area contributed by atoms with E-state index in [-0.39, 0.29) is 71.5 Å². The third-order valence-corrected chi connectivity index (χ3v) is 11.7. The zero-order valence-electron chi connectivity index (χ0n) is 33.0. The number of benzene rings is 1. The van der Waals surface area contributed by atoms with E-state index in [1.165, 1.54) is 19.1 Å². The van der Waals surface area contributed by atoms with Gasteiger partial charge in [-0.2, -0.15) is 4.98 Å². The fraction of sp³-hybridized carbons (Fsp3) is 0.429. The van der Waals surface area contributed by atoms with Gasteiger partial charge in [0.05, 0.1) is 28.6 Å². The topological polar surface area (TPSA) is 206 Å². The molecule has 0 radical (unpaired) electrons. The Bertz CT molecular complexity index is 2430. The maximum atomic E-state index is 13.6. The van der Waals surface area contributed by atoms with Crippen LogP contribution in [0.1, 0.15) is 101 Å². The molecule has 59 heavy (non-hydrogen) atoms. The number of rotatable bonds is 13. The zero-order chi connectivity index (χ0) is 41.4. The van der Waals surface area contributed by atoms with Crippen molar-refractivity contribution >= 4 is 63.7 Å². The van der Waals surface area contributed by atoms with Gasteiger partial charge in [0.2, 0.25) is 17.8 Å². The largest absolute Gasteiger partial charge is 0.485 e. The highest BCUT2D eigenvalue weighted by Gasteiger charge is 2.46. The number of nitrogens with one attached hydrogen (secondary N) is 2. The number of nitrogens with zero attached hydrogens (tertiary/aromatic N) is 7. The molecule has 4 aromatic rings.